The smallest absolute Gasteiger partial charge is 0.396 e. The van der Waals surface area contributed by atoms with Gasteiger partial charge in [-0.15, -0.1) is 0 Å². The summed E-state index contributed by atoms with van der Waals surface area (Å²) in [7, 11) is 0. The van der Waals surface area contributed by atoms with Gasteiger partial charge in [-0.1, -0.05) is 6.92 Å². The van der Waals surface area contributed by atoms with Crippen molar-refractivity contribution in [2.75, 3.05) is 6.61 Å². The Kier molecular flexibility index (Phi) is 5.24. The molecule has 0 amide bonds. The molecule has 158 valence electrons. The van der Waals surface area contributed by atoms with Crippen molar-refractivity contribution in [2.24, 2.45) is 0 Å². The fourth-order valence-corrected chi connectivity index (χ4v) is 3.04. The fourth-order valence-electron chi connectivity index (χ4n) is 3.04. The Bertz CT molecular complexity index is 1290. The Hall–Kier alpha value is -3.66. The number of pyridine rings is 3. The molecule has 7 nitrogen and oxygen atoms in total. The van der Waals surface area contributed by atoms with E-state index >= 15 is 0 Å². The third kappa shape index (κ3) is 4.02. The van der Waals surface area contributed by atoms with E-state index < -0.39 is 23.3 Å². The highest BCUT2D eigenvalue weighted by Gasteiger charge is 2.32. The number of nitrogens with one attached hydrogen (secondary N) is 1. The molecule has 0 bridgehead atoms. The lowest BCUT2D eigenvalue weighted by Gasteiger charge is -2.12. The molecule has 0 radical (unpaired) electrons. The molecule has 31 heavy (non-hydrogen) atoms. The van der Waals surface area contributed by atoms with Crippen LogP contribution in [0.4, 0.5) is 13.2 Å². The number of halogens is 3. The van der Waals surface area contributed by atoms with E-state index in [1.54, 1.807) is 31.5 Å². The van der Waals surface area contributed by atoms with Crippen molar-refractivity contribution in [3.8, 4) is 22.5 Å². The quantitative estimate of drug-likeness (QED) is 0.516. The summed E-state index contributed by atoms with van der Waals surface area (Å²) < 4.78 is 38.5. The van der Waals surface area contributed by atoms with E-state index in [1.807, 2.05) is 0 Å². The van der Waals surface area contributed by atoms with Crippen LogP contribution in [-0.2, 0) is 6.18 Å². The van der Waals surface area contributed by atoms with Crippen molar-refractivity contribution in [2.45, 2.75) is 19.0 Å². The molecule has 4 rings (SSSR count). The van der Waals surface area contributed by atoms with Gasteiger partial charge in [-0.25, -0.2) is 9.97 Å². The van der Waals surface area contributed by atoms with Crippen LogP contribution in [-0.4, -0.2) is 36.6 Å². The zero-order valence-corrected chi connectivity index (χ0v) is 16.2. The molecule has 0 aromatic carbocycles. The van der Waals surface area contributed by atoms with Gasteiger partial charge in [0.1, 0.15) is 17.0 Å². The van der Waals surface area contributed by atoms with Gasteiger partial charge in [0.05, 0.1) is 23.4 Å². The molecule has 0 aliphatic rings. The molecular formula is C21H16F3N5O2. The lowest BCUT2D eigenvalue weighted by molar-refractivity contribution is -0.141. The Balaban J connectivity index is 1.97. The van der Waals surface area contributed by atoms with Gasteiger partial charge >= 0.3 is 6.18 Å². The molecule has 4 heterocycles. The topological polar surface area (TPSA) is 105 Å². The molecule has 4 aromatic rings. The minimum Gasteiger partial charge on any atom is -0.396 e. The molecule has 1 atom stereocenters. The minimum atomic E-state index is -4.56. The molecule has 4 aromatic heterocycles. The number of nitrogens with zero attached hydrogens (tertiary/aromatic N) is 4. The van der Waals surface area contributed by atoms with Gasteiger partial charge in [-0.05, 0) is 30.3 Å². The van der Waals surface area contributed by atoms with Crippen molar-refractivity contribution >= 4 is 10.9 Å². The summed E-state index contributed by atoms with van der Waals surface area (Å²) in [6.07, 6.45) is -0.367. The van der Waals surface area contributed by atoms with Crippen molar-refractivity contribution in [3.05, 3.63) is 70.8 Å². The van der Waals surface area contributed by atoms with E-state index in [9.17, 15) is 23.1 Å². The van der Waals surface area contributed by atoms with E-state index in [1.165, 1.54) is 12.1 Å². The average molecular weight is 427 g/mol. The van der Waals surface area contributed by atoms with Crippen LogP contribution in [0.1, 0.15) is 24.4 Å². The van der Waals surface area contributed by atoms with Crippen molar-refractivity contribution in [3.63, 3.8) is 0 Å². The van der Waals surface area contributed by atoms with Gasteiger partial charge in [0.15, 0.2) is 0 Å². The summed E-state index contributed by atoms with van der Waals surface area (Å²) in [5, 5.41) is 9.64. The van der Waals surface area contributed by atoms with Crippen LogP contribution in [0.25, 0.3) is 33.4 Å². The third-order valence-corrected chi connectivity index (χ3v) is 4.74. The molecule has 0 aliphatic carbocycles. The number of aromatic nitrogens is 5. The predicted molar refractivity (Wildman–Crippen MR) is 107 cm³/mol. The molecule has 1 unspecified atom stereocenters. The molecule has 0 spiro atoms. The number of aliphatic hydroxyl groups excluding tert-OH is 1. The second kappa shape index (κ2) is 7.88. The lowest BCUT2D eigenvalue weighted by atomic mass is 10.1. The second-order valence-corrected chi connectivity index (χ2v) is 6.96. The average Bonchev–Trinajstić information content (AvgIpc) is 2.78. The largest absolute Gasteiger partial charge is 0.433 e. The minimum absolute atomic E-state index is 0.206. The monoisotopic (exact) mass is 427 g/mol. The highest BCUT2D eigenvalue weighted by molar-refractivity contribution is 5.93. The van der Waals surface area contributed by atoms with E-state index in [4.69, 9.17) is 0 Å². The van der Waals surface area contributed by atoms with Crippen LogP contribution < -0.4 is 5.56 Å². The highest BCUT2D eigenvalue weighted by Crippen LogP contribution is 2.31. The van der Waals surface area contributed by atoms with E-state index in [0.29, 0.717) is 28.2 Å². The number of alkyl halides is 3. The Labute approximate surface area is 173 Å². The van der Waals surface area contributed by atoms with E-state index in [-0.39, 0.29) is 17.7 Å². The highest BCUT2D eigenvalue weighted by atomic mass is 19.4. The number of aliphatic hydroxyl groups is 1. The standard InChI is InChI=1S/C21H16F3N5O2/c1-11(10-30)19-28-18-14(20(31)29-19)7-15(27-17(18)13-3-2-6-25-8-13)12-4-5-16(26-9-12)21(22,23)24/h2-9,11,30H,10H2,1H3,(H,28,29,31). The van der Waals surface area contributed by atoms with Gasteiger partial charge < -0.3 is 10.1 Å². The summed E-state index contributed by atoms with van der Waals surface area (Å²) in [5.74, 6) is -0.103. The third-order valence-electron chi connectivity index (χ3n) is 4.74. The van der Waals surface area contributed by atoms with Crippen molar-refractivity contribution < 1.29 is 18.3 Å². The van der Waals surface area contributed by atoms with Crippen LogP contribution in [0.5, 0.6) is 0 Å². The van der Waals surface area contributed by atoms with Crippen LogP contribution in [0.3, 0.4) is 0 Å². The molecule has 0 saturated heterocycles. The molecule has 0 fully saturated rings. The first-order valence-electron chi connectivity index (χ1n) is 9.27. The molecule has 2 N–H and O–H groups in total. The van der Waals surface area contributed by atoms with Gasteiger partial charge in [-0.3, -0.25) is 14.8 Å². The Morgan fingerprint density at radius 3 is 2.55 bits per heavy atom. The first-order valence-corrected chi connectivity index (χ1v) is 9.27. The van der Waals surface area contributed by atoms with E-state index in [0.717, 1.165) is 12.3 Å². The number of hydrogen-bond donors (Lipinski definition) is 2. The number of hydrogen-bond acceptors (Lipinski definition) is 6. The Morgan fingerprint density at radius 1 is 1.13 bits per heavy atom. The first-order chi connectivity index (χ1) is 14.8. The maximum absolute atomic E-state index is 12.8. The summed E-state index contributed by atoms with van der Waals surface area (Å²) in [6.45, 7) is 1.50. The zero-order valence-electron chi connectivity index (χ0n) is 16.2. The fraction of sp³-hybridized carbons (Fsp3) is 0.190. The normalized spacial score (nSPS) is 12.8. The number of H-pyrrole nitrogens is 1. The molecular weight excluding hydrogens is 411 g/mol. The number of aromatic amines is 1. The summed E-state index contributed by atoms with van der Waals surface area (Å²) in [5.41, 5.74) is 0.333. The van der Waals surface area contributed by atoms with Crippen molar-refractivity contribution in [1.29, 1.82) is 0 Å². The molecule has 0 saturated carbocycles. The number of rotatable bonds is 4. The van der Waals surface area contributed by atoms with Gasteiger partial charge in [0.2, 0.25) is 0 Å². The Morgan fingerprint density at radius 2 is 1.94 bits per heavy atom. The van der Waals surface area contributed by atoms with E-state index in [2.05, 4.69) is 24.9 Å². The van der Waals surface area contributed by atoms with Gasteiger partial charge in [-0.2, -0.15) is 13.2 Å². The number of fused-ring (bicyclic) bond motifs is 1. The summed E-state index contributed by atoms with van der Waals surface area (Å²) >= 11 is 0. The van der Waals surface area contributed by atoms with Gasteiger partial charge in [0.25, 0.3) is 5.56 Å². The van der Waals surface area contributed by atoms with Crippen LogP contribution in [0.2, 0.25) is 0 Å². The van der Waals surface area contributed by atoms with Crippen molar-refractivity contribution in [1.82, 2.24) is 24.9 Å². The summed E-state index contributed by atoms with van der Waals surface area (Å²) in [6, 6.07) is 7.00. The SMILES string of the molecule is CC(CO)c1nc2c(-c3cccnc3)nc(-c3ccc(C(F)(F)F)nc3)cc2c(=O)[nH]1. The maximum atomic E-state index is 12.8. The summed E-state index contributed by atoms with van der Waals surface area (Å²) in [4.78, 5) is 32.0. The van der Waals surface area contributed by atoms with Gasteiger partial charge in [0, 0.05) is 35.6 Å². The lowest BCUT2D eigenvalue weighted by Crippen LogP contribution is -2.16. The van der Waals surface area contributed by atoms with Crippen LogP contribution in [0, 0.1) is 0 Å². The maximum Gasteiger partial charge on any atom is 0.433 e. The second-order valence-electron chi connectivity index (χ2n) is 6.96. The first kappa shape index (κ1) is 20.6. The predicted octanol–water partition coefficient (Wildman–Crippen LogP) is 3.56. The van der Waals surface area contributed by atoms with Crippen LogP contribution >= 0.6 is 0 Å². The molecule has 10 heteroatoms. The van der Waals surface area contributed by atoms with Crippen LogP contribution in [0.15, 0.2) is 53.7 Å². The zero-order chi connectivity index (χ0) is 22.2. The molecule has 0 aliphatic heterocycles.